The first-order chi connectivity index (χ1) is 16.1. The number of amides is 5. The molecular weight excluding hydrogens is 492 g/mol. The van der Waals surface area contributed by atoms with E-state index >= 15 is 0 Å². The van der Waals surface area contributed by atoms with E-state index in [1.165, 1.54) is 0 Å². The highest BCUT2D eigenvalue weighted by Crippen LogP contribution is 2.33. The molecule has 0 bridgehead atoms. The summed E-state index contributed by atoms with van der Waals surface area (Å²) < 4.78 is 31.1. The van der Waals surface area contributed by atoms with Crippen LogP contribution in [0, 0.1) is 0 Å². The number of imide groups is 1. The Morgan fingerprint density at radius 3 is 2.56 bits per heavy atom. The second kappa shape index (κ2) is 11.4. The molecule has 3 fully saturated rings. The van der Waals surface area contributed by atoms with Crippen molar-refractivity contribution in [3.63, 3.8) is 0 Å². The molecule has 0 radical (unpaired) electrons. The van der Waals surface area contributed by atoms with E-state index in [1.54, 1.807) is 0 Å². The van der Waals surface area contributed by atoms with Crippen molar-refractivity contribution >= 4 is 51.6 Å². The minimum Gasteiger partial charge on any atom is -0.356 e. The van der Waals surface area contributed by atoms with E-state index in [1.807, 2.05) is 11.8 Å². The van der Waals surface area contributed by atoms with Crippen LogP contribution in [0.15, 0.2) is 0 Å². The smallest absolute Gasteiger partial charge is 0.333 e. The van der Waals surface area contributed by atoms with Crippen LogP contribution >= 0.6 is 11.8 Å². The van der Waals surface area contributed by atoms with Gasteiger partial charge in [-0.2, -0.15) is 20.2 Å². The Labute approximate surface area is 200 Å². The molecule has 5 amide bonds. The molecule has 4 N–H and O–H groups in total. The highest BCUT2D eigenvalue weighted by atomic mass is 32.2. The van der Waals surface area contributed by atoms with Crippen molar-refractivity contribution in [3.8, 4) is 0 Å². The maximum atomic E-state index is 11.9. The second-order valence-corrected chi connectivity index (χ2v) is 11.2. The normalized spacial score (nSPS) is 26.3. The maximum Gasteiger partial charge on any atom is 0.333 e. The van der Waals surface area contributed by atoms with E-state index in [9.17, 15) is 32.4 Å². The summed E-state index contributed by atoms with van der Waals surface area (Å²) in [7, 11) is -4.77. The van der Waals surface area contributed by atoms with Gasteiger partial charge in [0.25, 0.3) is 21.9 Å². The van der Waals surface area contributed by atoms with Gasteiger partial charge in [-0.05, 0) is 25.7 Å². The van der Waals surface area contributed by atoms with Crippen molar-refractivity contribution in [2.45, 2.75) is 74.0 Å². The number of thioether (sulfide) groups is 1. The van der Waals surface area contributed by atoms with Gasteiger partial charge in [-0.25, -0.2) is 9.59 Å². The van der Waals surface area contributed by atoms with E-state index < -0.39 is 39.6 Å². The quantitative estimate of drug-likeness (QED) is 0.113. The first-order valence-corrected chi connectivity index (χ1v) is 13.6. The number of hydroxylamine groups is 2. The van der Waals surface area contributed by atoms with Crippen LogP contribution in [0.25, 0.3) is 0 Å². The van der Waals surface area contributed by atoms with Crippen LogP contribution in [0.3, 0.4) is 0 Å². The molecule has 0 aromatic rings. The molecule has 0 aromatic carbocycles. The fourth-order valence-corrected chi connectivity index (χ4v) is 6.29. The summed E-state index contributed by atoms with van der Waals surface area (Å²) in [6.07, 6.45) is 2.77. The Kier molecular flexibility index (Phi) is 8.76. The molecule has 34 heavy (non-hydrogen) atoms. The fourth-order valence-electron chi connectivity index (χ4n) is 4.04. The Morgan fingerprint density at radius 1 is 1.12 bits per heavy atom. The lowest BCUT2D eigenvalue weighted by molar-refractivity contribution is -0.197. The number of nitrogens with one attached hydrogen (secondary N) is 3. The van der Waals surface area contributed by atoms with E-state index in [4.69, 9.17) is 4.55 Å². The summed E-state index contributed by atoms with van der Waals surface area (Å²) in [5.74, 6) is -2.42. The predicted octanol–water partition coefficient (Wildman–Crippen LogP) is -0.528. The van der Waals surface area contributed by atoms with Gasteiger partial charge in [-0.1, -0.05) is 6.42 Å². The Balaban J connectivity index is 1.22. The second-order valence-electron chi connectivity index (χ2n) is 8.37. The van der Waals surface area contributed by atoms with E-state index in [2.05, 4.69) is 20.8 Å². The van der Waals surface area contributed by atoms with Gasteiger partial charge < -0.3 is 20.8 Å². The van der Waals surface area contributed by atoms with Gasteiger partial charge in [0.15, 0.2) is 5.25 Å². The average molecular weight is 521 g/mol. The van der Waals surface area contributed by atoms with Gasteiger partial charge in [0.1, 0.15) is 0 Å². The lowest BCUT2D eigenvalue weighted by Gasteiger charge is -2.16. The summed E-state index contributed by atoms with van der Waals surface area (Å²) in [5, 5.41) is 7.07. The van der Waals surface area contributed by atoms with Crippen molar-refractivity contribution in [3.05, 3.63) is 0 Å². The molecule has 3 heterocycles. The topological polar surface area (TPSA) is 188 Å². The molecule has 4 atom stereocenters. The molecular formula is C19H28N4O9S2. The molecule has 4 unspecified atom stereocenters. The molecule has 0 aliphatic carbocycles. The summed E-state index contributed by atoms with van der Waals surface area (Å²) in [4.78, 5) is 63.3. The number of carbonyl (C=O) groups excluding carboxylic acids is 5. The van der Waals surface area contributed by atoms with Crippen molar-refractivity contribution < 1.29 is 41.8 Å². The maximum absolute atomic E-state index is 11.9. The molecule has 13 nitrogen and oxygen atoms in total. The number of nitrogens with zero attached hydrogens (tertiary/aromatic N) is 1. The van der Waals surface area contributed by atoms with Crippen LogP contribution in [-0.4, -0.2) is 82.6 Å². The number of fused-ring (bicyclic) bond motifs is 1. The standard InChI is InChI=1S/C19H28N4O9S2/c24-14(6-2-1-5-12-17-11(10-33-12)21-19(28)22-17)20-8-4-3-7-16(26)32-23-15(25)9-13(18(23)27)34(29,30)31/h11-13,17H,1-10H2,(H,20,24)(H2,21,22,28)(H,29,30,31). The molecule has 15 heteroatoms. The van der Waals surface area contributed by atoms with Crippen molar-refractivity contribution in [1.29, 1.82) is 0 Å². The fraction of sp³-hybridized carbons (Fsp3) is 0.737. The number of rotatable bonds is 12. The van der Waals surface area contributed by atoms with Gasteiger partial charge in [0.2, 0.25) is 5.91 Å². The molecule has 3 saturated heterocycles. The molecule has 0 aromatic heterocycles. The Hall–Kier alpha value is -2.39. The lowest BCUT2D eigenvalue weighted by atomic mass is 10.0. The average Bonchev–Trinajstić information content (AvgIpc) is 3.39. The SMILES string of the molecule is O=C(CCCCC1SCC2NC(=O)NC21)NCCCCC(=O)ON1C(=O)CC(S(=O)(=O)O)C1=O. The van der Waals surface area contributed by atoms with Crippen LogP contribution in [0.2, 0.25) is 0 Å². The number of hydrogen-bond donors (Lipinski definition) is 4. The molecule has 3 rings (SSSR count). The predicted molar refractivity (Wildman–Crippen MR) is 119 cm³/mol. The third-order valence-corrected chi connectivity index (χ3v) is 8.42. The first kappa shape index (κ1) is 26.2. The number of unbranched alkanes of at least 4 members (excludes halogenated alkanes) is 2. The number of hydrogen-bond acceptors (Lipinski definition) is 9. The minimum absolute atomic E-state index is 0.0733. The van der Waals surface area contributed by atoms with Gasteiger partial charge >= 0.3 is 12.0 Å². The van der Waals surface area contributed by atoms with Crippen molar-refractivity contribution in [2.24, 2.45) is 0 Å². The molecule has 190 valence electrons. The first-order valence-electron chi connectivity index (χ1n) is 11.1. The van der Waals surface area contributed by atoms with Gasteiger partial charge in [-0.15, -0.1) is 5.06 Å². The highest BCUT2D eigenvalue weighted by Gasteiger charge is 2.48. The van der Waals surface area contributed by atoms with Crippen LogP contribution in [-0.2, 0) is 34.1 Å². The molecule has 3 aliphatic rings. The zero-order chi connectivity index (χ0) is 24.9. The van der Waals surface area contributed by atoms with Crippen LogP contribution in [0.5, 0.6) is 0 Å². The zero-order valence-corrected chi connectivity index (χ0v) is 20.0. The van der Waals surface area contributed by atoms with E-state index in [0.29, 0.717) is 31.1 Å². The lowest BCUT2D eigenvalue weighted by Crippen LogP contribution is -2.36. The van der Waals surface area contributed by atoms with Crippen molar-refractivity contribution in [2.75, 3.05) is 12.3 Å². The van der Waals surface area contributed by atoms with Gasteiger partial charge in [-0.3, -0.25) is 18.9 Å². The third-order valence-electron chi connectivity index (χ3n) is 5.83. The molecule has 0 spiro atoms. The summed E-state index contributed by atoms with van der Waals surface area (Å²) in [5.41, 5.74) is 0. The summed E-state index contributed by atoms with van der Waals surface area (Å²) >= 11 is 1.83. The Bertz CT molecular complexity index is 942. The van der Waals surface area contributed by atoms with Crippen LogP contribution < -0.4 is 16.0 Å². The summed E-state index contributed by atoms with van der Waals surface area (Å²) in [6.45, 7) is 0.346. The van der Waals surface area contributed by atoms with Gasteiger partial charge in [0.05, 0.1) is 18.5 Å². The highest BCUT2D eigenvalue weighted by molar-refractivity contribution is 8.00. The van der Waals surface area contributed by atoms with Gasteiger partial charge in [0, 0.05) is 30.4 Å². The number of urea groups is 1. The van der Waals surface area contributed by atoms with Crippen LogP contribution in [0.1, 0.15) is 51.4 Å². The minimum atomic E-state index is -4.77. The largest absolute Gasteiger partial charge is 0.356 e. The zero-order valence-electron chi connectivity index (χ0n) is 18.4. The number of carbonyl (C=O) groups is 5. The monoisotopic (exact) mass is 520 g/mol. The molecule has 3 aliphatic heterocycles. The van der Waals surface area contributed by atoms with Crippen molar-refractivity contribution in [1.82, 2.24) is 21.0 Å². The Morgan fingerprint density at radius 2 is 1.85 bits per heavy atom. The third kappa shape index (κ3) is 6.82. The molecule has 0 saturated carbocycles. The van der Waals surface area contributed by atoms with E-state index in [0.717, 1.165) is 25.0 Å². The van der Waals surface area contributed by atoms with E-state index in [-0.39, 0.29) is 35.5 Å². The van der Waals surface area contributed by atoms with Crippen LogP contribution in [0.4, 0.5) is 4.79 Å². The summed E-state index contributed by atoms with van der Waals surface area (Å²) in [6, 6.07) is 0.230.